The molecule has 0 saturated heterocycles. The topological polar surface area (TPSA) is 73.4 Å². The van der Waals surface area contributed by atoms with Crippen molar-refractivity contribution in [2.45, 2.75) is 16.8 Å². The summed E-state index contributed by atoms with van der Waals surface area (Å²) in [6.07, 6.45) is 0.555. The molecule has 0 bridgehead atoms. The summed E-state index contributed by atoms with van der Waals surface area (Å²) in [5.41, 5.74) is 3.31. The summed E-state index contributed by atoms with van der Waals surface area (Å²) in [5.74, 6) is 1.61. The molecule has 0 aliphatic heterocycles. The fourth-order valence-corrected chi connectivity index (χ4v) is 4.38. The lowest BCUT2D eigenvalue weighted by molar-refractivity contribution is 0.1000. The molecule has 1 unspecified atom stereocenters. The van der Waals surface area contributed by atoms with Crippen molar-refractivity contribution in [1.82, 2.24) is 9.97 Å². The number of hydrogen-bond donors (Lipinski definition) is 1. The van der Waals surface area contributed by atoms with Gasteiger partial charge in [0, 0.05) is 11.1 Å². The Bertz CT molecular complexity index is 966. The van der Waals surface area contributed by atoms with Crippen molar-refractivity contribution in [3.8, 4) is 17.2 Å². The van der Waals surface area contributed by atoms with E-state index in [1.807, 2.05) is 24.3 Å². The summed E-state index contributed by atoms with van der Waals surface area (Å²) < 4.78 is 16.3. The molecule has 1 aromatic heterocycles. The highest BCUT2D eigenvalue weighted by Gasteiger charge is 2.37. The maximum absolute atomic E-state index is 12.9. The van der Waals surface area contributed by atoms with E-state index in [9.17, 15) is 4.79 Å². The summed E-state index contributed by atoms with van der Waals surface area (Å²) in [5, 5.41) is 0.464. The number of carbonyl (C=O) groups is 1. The van der Waals surface area contributed by atoms with Crippen molar-refractivity contribution in [3.05, 3.63) is 41.5 Å². The minimum absolute atomic E-state index is 0.0460. The molecule has 0 spiro atoms. The van der Waals surface area contributed by atoms with Crippen molar-refractivity contribution in [1.29, 1.82) is 0 Å². The lowest BCUT2D eigenvalue weighted by Gasteiger charge is -2.15. The van der Waals surface area contributed by atoms with Gasteiger partial charge in [0.05, 0.1) is 37.6 Å². The zero-order valence-electron chi connectivity index (χ0n) is 14.7. The van der Waals surface area contributed by atoms with E-state index in [1.54, 1.807) is 27.4 Å². The third-order valence-corrected chi connectivity index (χ3v) is 5.58. The van der Waals surface area contributed by atoms with Crippen LogP contribution in [0.3, 0.4) is 0 Å². The molecular weight excluding hydrogens is 352 g/mol. The zero-order chi connectivity index (χ0) is 18.3. The zero-order valence-corrected chi connectivity index (χ0v) is 15.5. The van der Waals surface area contributed by atoms with Crippen LogP contribution in [0.2, 0.25) is 0 Å². The van der Waals surface area contributed by atoms with Gasteiger partial charge in [0.25, 0.3) is 0 Å². The van der Waals surface area contributed by atoms with Crippen molar-refractivity contribution in [2.75, 3.05) is 21.3 Å². The minimum atomic E-state index is -0.267. The summed E-state index contributed by atoms with van der Waals surface area (Å²) in [7, 11) is 4.68. The lowest BCUT2D eigenvalue weighted by Crippen LogP contribution is -2.11. The van der Waals surface area contributed by atoms with E-state index in [4.69, 9.17) is 14.2 Å². The molecule has 1 aliphatic rings. The van der Waals surface area contributed by atoms with Gasteiger partial charge in [0.1, 0.15) is 0 Å². The monoisotopic (exact) mass is 370 g/mol. The normalized spacial score (nSPS) is 16.0. The molecule has 6 nitrogen and oxygen atoms in total. The number of H-pyrrole nitrogens is 1. The van der Waals surface area contributed by atoms with Crippen LogP contribution in [-0.2, 0) is 6.42 Å². The maximum Gasteiger partial charge on any atom is 0.203 e. The summed E-state index contributed by atoms with van der Waals surface area (Å²) in [4.78, 5) is 20.8. The smallest absolute Gasteiger partial charge is 0.203 e. The van der Waals surface area contributed by atoms with Crippen LogP contribution in [0.4, 0.5) is 0 Å². The highest BCUT2D eigenvalue weighted by atomic mass is 32.2. The molecule has 0 saturated carbocycles. The fourth-order valence-electron chi connectivity index (χ4n) is 3.30. The maximum atomic E-state index is 12.9. The lowest BCUT2D eigenvalue weighted by atomic mass is 10.1. The second-order valence-electron chi connectivity index (χ2n) is 5.91. The molecule has 134 valence electrons. The number of nitrogens with zero attached hydrogens (tertiary/aromatic N) is 1. The van der Waals surface area contributed by atoms with Crippen LogP contribution >= 0.6 is 11.8 Å². The van der Waals surface area contributed by atoms with Crippen LogP contribution in [-0.4, -0.2) is 42.3 Å². The van der Waals surface area contributed by atoms with E-state index in [0.717, 1.165) is 21.8 Å². The first-order valence-electron chi connectivity index (χ1n) is 8.13. The van der Waals surface area contributed by atoms with Crippen LogP contribution in [0.5, 0.6) is 17.2 Å². The number of ketones is 1. The van der Waals surface area contributed by atoms with Gasteiger partial charge in [-0.3, -0.25) is 4.79 Å². The Kier molecular flexibility index (Phi) is 4.24. The fraction of sp³-hybridized carbons (Fsp3) is 0.263. The van der Waals surface area contributed by atoms with Crippen molar-refractivity contribution in [3.63, 3.8) is 0 Å². The number of Topliss-reactive ketones (excluding diaryl/α,β-unsaturated/α-hetero) is 1. The average Bonchev–Trinajstić information content (AvgIpc) is 3.21. The third-order valence-electron chi connectivity index (χ3n) is 4.50. The van der Waals surface area contributed by atoms with Gasteiger partial charge >= 0.3 is 0 Å². The molecule has 1 aliphatic carbocycles. The summed E-state index contributed by atoms with van der Waals surface area (Å²) in [6, 6.07) is 9.54. The van der Waals surface area contributed by atoms with Crippen LogP contribution in [0.25, 0.3) is 11.0 Å². The van der Waals surface area contributed by atoms with Crippen molar-refractivity contribution >= 4 is 28.6 Å². The number of carbonyl (C=O) groups excluding carboxylic acids is 1. The number of methoxy groups -OCH3 is 3. The molecule has 7 heteroatoms. The number of benzene rings is 2. The third kappa shape index (κ3) is 2.59. The molecule has 1 N–H and O–H groups in total. The number of para-hydroxylation sites is 2. The highest BCUT2D eigenvalue weighted by molar-refractivity contribution is 8.00. The van der Waals surface area contributed by atoms with Gasteiger partial charge < -0.3 is 19.2 Å². The molecule has 1 heterocycles. The molecule has 4 rings (SSSR count). The quantitative estimate of drug-likeness (QED) is 0.741. The van der Waals surface area contributed by atoms with E-state index >= 15 is 0 Å². The number of fused-ring (bicyclic) bond motifs is 2. The van der Waals surface area contributed by atoms with Crippen molar-refractivity contribution < 1.29 is 19.0 Å². The minimum Gasteiger partial charge on any atom is -0.493 e. The number of aromatic nitrogens is 2. The molecule has 3 aromatic rings. The molecule has 0 amide bonds. The van der Waals surface area contributed by atoms with Gasteiger partial charge in [-0.05, 0) is 24.6 Å². The van der Waals surface area contributed by atoms with Crippen LogP contribution in [0.15, 0.2) is 35.5 Å². The van der Waals surface area contributed by atoms with Gasteiger partial charge in [0.2, 0.25) is 5.75 Å². The van der Waals surface area contributed by atoms with E-state index in [2.05, 4.69) is 9.97 Å². The van der Waals surface area contributed by atoms with Crippen molar-refractivity contribution in [2.24, 2.45) is 0 Å². The molecular formula is C19H18N2O4S. The Morgan fingerprint density at radius 2 is 1.88 bits per heavy atom. The van der Waals surface area contributed by atoms with E-state index in [1.165, 1.54) is 11.8 Å². The number of aromatic amines is 1. The van der Waals surface area contributed by atoms with Gasteiger partial charge in [0.15, 0.2) is 22.4 Å². The Hall–Kier alpha value is -2.67. The largest absolute Gasteiger partial charge is 0.493 e. The molecule has 2 aromatic carbocycles. The van der Waals surface area contributed by atoms with Gasteiger partial charge in [-0.1, -0.05) is 23.9 Å². The summed E-state index contributed by atoms with van der Waals surface area (Å²) >= 11 is 1.43. The predicted octanol–water partition coefficient (Wildman–Crippen LogP) is 3.49. The standard InChI is InChI=1S/C19H18N2O4S/c1-23-14-8-10-11(17(24-2)18(14)25-3)9-15(16(10)22)26-19-20-12-6-4-5-7-13(12)21-19/h4-8,15H,9H2,1-3H3,(H,20,21). The number of rotatable bonds is 5. The van der Waals surface area contributed by atoms with Crippen LogP contribution in [0, 0.1) is 0 Å². The first kappa shape index (κ1) is 16.8. The number of hydrogen-bond acceptors (Lipinski definition) is 6. The number of thioether (sulfide) groups is 1. The van der Waals surface area contributed by atoms with E-state index in [0.29, 0.717) is 29.2 Å². The Morgan fingerprint density at radius 3 is 2.58 bits per heavy atom. The Labute approximate surface area is 154 Å². The van der Waals surface area contributed by atoms with E-state index in [-0.39, 0.29) is 11.0 Å². The highest BCUT2D eigenvalue weighted by Crippen LogP contribution is 2.47. The van der Waals surface area contributed by atoms with E-state index < -0.39 is 0 Å². The molecule has 26 heavy (non-hydrogen) atoms. The SMILES string of the molecule is COc1cc2c(c(OC)c1OC)CC(Sc1nc3ccccc3[nH]1)C2=O. The Morgan fingerprint density at radius 1 is 1.12 bits per heavy atom. The number of imidazole rings is 1. The van der Waals surface area contributed by atoms with Gasteiger partial charge in [-0.25, -0.2) is 4.98 Å². The first-order valence-corrected chi connectivity index (χ1v) is 9.01. The predicted molar refractivity (Wildman–Crippen MR) is 99.9 cm³/mol. The first-order chi connectivity index (χ1) is 12.7. The summed E-state index contributed by atoms with van der Waals surface area (Å²) in [6.45, 7) is 0. The number of nitrogens with one attached hydrogen (secondary N) is 1. The molecule has 0 fully saturated rings. The average molecular weight is 370 g/mol. The number of ether oxygens (including phenoxy) is 3. The Balaban J connectivity index is 1.69. The molecule has 1 atom stereocenters. The van der Waals surface area contributed by atoms with Gasteiger partial charge in [-0.2, -0.15) is 0 Å². The second-order valence-corrected chi connectivity index (χ2v) is 7.10. The van der Waals surface area contributed by atoms with Gasteiger partial charge in [-0.15, -0.1) is 0 Å². The van der Waals surface area contributed by atoms with Crippen LogP contribution in [0.1, 0.15) is 15.9 Å². The van der Waals surface area contributed by atoms with Crippen LogP contribution < -0.4 is 14.2 Å². The molecule has 0 radical (unpaired) electrons. The second kappa shape index (κ2) is 6.57.